The molecule has 0 aromatic heterocycles. The third-order valence-electron chi connectivity index (χ3n) is 6.96. The van der Waals surface area contributed by atoms with Crippen molar-refractivity contribution in [1.29, 1.82) is 0 Å². The lowest BCUT2D eigenvalue weighted by Crippen LogP contribution is -2.47. The molecular weight excluding hydrogens is 509 g/mol. The summed E-state index contributed by atoms with van der Waals surface area (Å²) in [5, 5.41) is 4.14. The molecule has 2 saturated heterocycles. The summed E-state index contributed by atoms with van der Waals surface area (Å²) in [5.74, 6) is 0.209. The summed E-state index contributed by atoms with van der Waals surface area (Å²) in [5.41, 5.74) is 1.19. The van der Waals surface area contributed by atoms with Gasteiger partial charge in [-0.3, -0.25) is 9.69 Å². The third-order valence-corrected chi connectivity index (χ3v) is 7.79. The molecule has 0 aliphatic carbocycles. The van der Waals surface area contributed by atoms with Crippen molar-refractivity contribution in [1.82, 2.24) is 9.80 Å². The molecule has 0 atom stereocenters. The molecule has 5 nitrogen and oxygen atoms in total. The molecule has 196 valence electrons. The van der Waals surface area contributed by atoms with Crippen LogP contribution in [0.4, 0.5) is 24.5 Å². The number of rotatable bonds is 7. The second-order valence-electron chi connectivity index (χ2n) is 9.44. The molecule has 2 heterocycles. The van der Waals surface area contributed by atoms with Gasteiger partial charge in [-0.25, -0.2) is 0 Å². The van der Waals surface area contributed by atoms with E-state index in [9.17, 15) is 18.0 Å². The van der Waals surface area contributed by atoms with Crippen LogP contribution in [0.1, 0.15) is 31.2 Å². The highest BCUT2D eigenvalue weighted by molar-refractivity contribution is 7.80. The first-order valence-electron chi connectivity index (χ1n) is 12.4. The van der Waals surface area contributed by atoms with Crippen molar-refractivity contribution in [2.24, 2.45) is 0 Å². The Kier molecular flexibility index (Phi) is 8.96. The number of carbonyl (C=O) groups is 1. The normalized spacial score (nSPS) is 17.9. The zero-order valence-corrected chi connectivity index (χ0v) is 21.8. The first kappa shape index (κ1) is 26.9. The molecule has 1 N–H and O–H groups in total. The highest BCUT2D eigenvalue weighted by Gasteiger charge is 2.30. The van der Waals surface area contributed by atoms with Gasteiger partial charge in [0.2, 0.25) is 5.91 Å². The minimum Gasteiger partial charge on any atom is -0.382 e. The van der Waals surface area contributed by atoms with Crippen LogP contribution in [0.15, 0.2) is 47.4 Å². The van der Waals surface area contributed by atoms with Gasteiger partial charge < -0.3 is 15.1 Å². The monoisotopic (exact) mass is 540 g/mol. The van der Waals surface area contributed by atoms with Crippen LogP contribution in [-0.2, 0) is 11.0 Å². The summed E-state index contributed by atoms with van der Waals surface area (Å²) >= 11 is 10.4. The number of hydrogen-bond acceptors (Lipinski definition) is 5. The molecule has 10 heteroatoms. The smallest absolute Gasteiger partial charge is 0.382 e. The summed E-state index contributed by atoms with van der Waals surface area (Å²) < 4.78 is 38.3. The predicted molar refractivity (Wildman–Crippen MR) is 141 cm³/mol. The maximum absolute atomic E-state index is 12.8. The Morgan fingerprint density at radius 2 is 1.67 bits per heavy atom. The number of nitrogens with zero attached hydrogens (tertiary/aromatic N) is 3. The quantitative estimate of drug-likeness (QED) is 0.445. The number of anilines is 2. The van der Waals surface area contributed by atoms with Crippen LogP contribution in [0.5, 0.6) is 0 Å². The van der Waals surface area contributed by atoms with Crippen molar-refractivity contribution in [3.05, 3.63) is 53.1 Å². The Bertz CT molecular complexity index is 1020. The van der Waals surface area contributed by atoms with E-state index in [1.165, 1.54) is 0 Å². The van der Waals surface area contributed by atoms with Gasteiger partial charge in [0.15, 0.2) is 0 Å². The van der Waals surface area contributed by atoms with Gasteiger partial charge in [0.25, 0.3) is 0 Å². The van der Waals surface area contributed by atoms with E-state index in [2.05, 4.69) is 27.7 Å². The van der Waals surface area contributed by atoms with Gasteiger partial charge in [-0.2, -0.15) is 13.2 Å². The lowest BCUT2D eigenvalue weighted by atomic mass is 10.0. The first-order chi connectivity index (χ1) is 17.2. The fourth-order valence-electron chi connectivity index (χ4n) is 4.81. The number of hydrogen-bond donors (Lipinski definition) is 2. The van der Waals surface area contributed by atoms with Crippen molar-refractivity contribution < 1.29 is 18.0 Å². The van der Waals surface area contributed by atoms with Crippen LogP contribution in [-0.4, -0.2) is 67.6 Å². The fraction of sp³-hybridized carbons (Fsp3) is 0.500. The number of thiol groups is 1. The molecule has 2 aliphatic rings. The number of likely N-dealkylation sites (tertiary alicyclic amines) is 1. The summed E-state index contributed by atoms with van der Waals surface area (Å²) in [7, 11) is 0. The first-order valence-corrected chi connectivity index (χ1v) is 13.2. The molecule has 0 spiro atoms. The molecule has 1 amide bonds. The van der Waals surface area contributed by atoms with E-state index in [1.54, 1.807) is 12.1 Å². The van der Waals surface area contributed by atoms with Crippen LogP contribution in [0.2, 0.25) is 5.02 Å². The number of halogens is 4. The molecule has 36 heavy (non-hydrogen) atoms. The number of piperidine rings is 1. The van der Waals surface area contributed by atoms with E-state index in [1.807, 2.05) is 23.1 Å². The summed E-state index contributed by atoms with van der Waals surface area (Å²) in [6.45, 7) is 5.57. The topological polar surface area (TPSA) is 38.8 Å². The second kappa shape index (κ2) is 12.0. The molecule has 0 bridgehead atoms. The summed E-state index contributed by atoms with van der Waals surface area (Å²) in [6, 6.07) is 11.4. The average Bonchev–Trinajstić information content (AvgIpc) is 2.87. The highest BCUT2D eigenvalue weighted by Crippen LogP contribution is 2.31. The Morgan fingerprint density at radius 3 is 2.28 bits per heavy atom. The zero-order valence-electron chi connectivity index (χ0n) is 20.1. The lowest BCUT2D eigenvalue weighted by Gasteiger charge is -2.36. The Labute approximate surface area is 221 Å². The van der Waals surface area contributed by atoms with E-state index in [-0.39, 0.29) is 5.91 Å². The highest BCUT2D eigenvalue weighted by atomic mass is 35.5. The molecule has 4 rings (SSSR count). The third kappa shape index (κ3) is 7.23. The van der Waals surface area contributed by atoms with Gasteiger partial charge in [0.05, 0.1) is 10.6 Å². The minimum absolute atomic E-state index is 0.209. The van der Waals surface area contributed by atoms with Crippen molar-refractivity contribution >= 4 is 41.5 Å². The van der Waals surface area contributed by atoms with Gasteiger partial charge in [-0.1, -0.05) is 11.6 Å². The number of amides is 1. The summed E-state index contributed by atoms with van der Waals surface area (Å²) in [6.07, 6.45) is -1.15. The number of alkyl halides is 3. The van der Waals surface area contributed by atoms with Crippen LogP contribution in [0, 0.1) is 0 Å². The molecule has 0 radical (unpaired) electrons. The van der Waals surface area contributed by atoms with Gasteiger partial charge in [-0.15, -0.1) is 12.6 Å². The van der Waals surface area contributed by atoms with Gasteiger partial charge in [0, 0.05) is 68.0 Å². The van der Waals surface area contributed by atoms with Crippen molar-refractivity contribution in [3.8, 4) is 0 Å². The minimum atomic E-state index is -4.31. The average molecular weight is 541 g/mol. The molecule has 2 aromatic carbocycles. The Hall–Kier alpha value is -2.10. The van der Waals surface area contributed by atoms with E-state index in [0.29, 0.717) is 17.5 Å². The second-order valence-corrected chi connectivity index (χ2v) is 10.3. The van der Waals surface area contributed by atoms with Gasteiger partial charge in [0.1, 0.15) is 0 Å². The van der Waals surface area contributed by atoms with Gasteiger partial charge in [-0.05, 0) is 68.3 Å². The molecule has 0 saturated carbocycles. The molecular formula is C26H32ClF3N4OS. The van der Waals surface area contributed by atoms with Crippen LogP contribution in [0.3, 0.4) is 0 Å². The van der Waals surface area contributed by atoms with E-state index in [4.69, 9.17) is 11.6 Å². The van der Waals surface area contributed by atoms with Crippen LogP contribution < -0.4 is 10.2 Å². The van der Waals surface area contributed by atoms with Crippen LogP contribution in [0.25, 0.3) is 0 Å². The number of piperazine rings is 1. The van der Waals surface area contributed by atoms with E-state index in [0.717, 1.165) is 93.5 Å². The van der Waals surface area contributed by atoms with Crippen molar-refractivity contribution in [3.63, 3.8) is 0 Å². The maximum Gasteiger partial charge on any atom is 0.416 e. The molecule has 2 aliphatic heterocycles. The molecule has 0 unspecified atom stereocenters. The summed E-state index contributed by atoms with van der Waals surface area (Å²) in [4.78, 5) is 19.8. The Morgan fingerprint density at radius 1 is 1.00 bits per heavy atom. The number of nitrogens with one attached hydrogen (secondary N) is 1. The largest absolute Gasteiger partial charge is 0.416 e. The number of benzene rings is 2. The lowest BCUT2D eigenvalue weighted by molar-refractivity contribution is -0.137. The fourth-order valence-corrected chi connectivity index (χ4v) is 5.15. The van der Waals surface area contributed by atoms with Gasteiger partial charge >= 0.3 is 6.18 Å². The molecule has 2 fully saturated rings. The van der Waals surface area contributed by atoms with E-state index < -0.39 is 11.7 Å². The molecule has 2 aromatic rings. The van der Waals surface area contributed by atoms with E-state index >= 15 is 0 Å². The van der Waals surface area contributed by atoms with Crippen LogP contribution >= 0.6 is 24.2 Å². The number of carbonyl (C=O) groups excluding carboxylic acids is 1. The van der Waals surface area contributed by atoms with Crippen molar-refractivity contribution in [2.75, 3.05) is 56.0 Å². The standard InChI is InChI=1S/C26H32ClF3N4OS/c27-23-8-5-21(18-24(23)36)31-20-9-12-34(13-10-20)25(35)2-1-11-32-14-16-33(17-15-32)22-6-3-19(4-7-22)26(28,29)30/h3-8,18,20,31,36H,1-2,9-17H2. The Balaban J connectivity index is 1.12. The zero-order chi connectivity index (χ0) is 25.7. The predicted octanol–water partition coefficient (Wildman–Crippen LogP) is 5.65. The van der Waals surface area contributed by atoms with Crippen molar-refractivity contribution in [2.45, 2.75) is 42.8 Å². The SMILES string of the molecule is O=C(CCCN1CCN(c2ccc(C(F)(F)F)cc2)CC1)N1CCC(Nc2ccc(Cl)c(S)c2)CC1. The maximum atomic E-state index is 12.8.